The molecule has 30 heavy (non-hydrogen) atoms. The van der Waals surface area contributed by atoms with Gasteiger partial charge in [0, 0.05) is 44.2 Å². The van der Waals surface area contributed by atoms with Crippen LogP contribution in [-0.2, 0) is 16.1 Å². The van der Waals surface area contributed by atoms with Gasteiger partial charge in [0.1, 0.15) is 12.2 Å². The third-order valence-corrected chi connectivity index (χ3v) is 6.64. The second-order valence-corrected chi connectivity index (χ2v) is 9.82. The van der Waals surface area contributed by atoms with E-state index in [1.54, 1.807) is 0 Å². The highest BCUT2D eigenvalue weighted by Crippen LogP contribution is 2.43. The van der Waals surface area contributed by atoms with Crippen LogP contribution in [0.2, 0.25) is 0 Å². The summed E-state index contributed by atoms with van der Waals surface area (Å²) in [6.45, 7) is 9.73. The molecule has 164 valence electrons. The molecular weight excluding hydrogens is 382 g/mol. The van der Waals surface area contributed by atoms with Crippen LogP contribution in [0, 0.1) is 11.8 Å². The number of benzene rings is 1. The SMILES string of the molecule is CC(C)(C)OC(=O)N1CCC2(CC1)NC[C@H]1CN(C(=O)OCc3ccccc3)C[C@H]12. The van der Waals surface area contributed by atoms with Crippen molar-refractivity contribution in [1.29, 1.82) is 0 Å². The molecule has 0 saturated carbocycles. The number of likely N-dealkylation sites (tertiary alicyclic amines) is 2. The lowest BCUT2D eigenvalue weighted by Gasteiger charge is -2.43. The van der Waals surface area contributed by atoms with E-state index >= 15 is 0 Å². The Bertz CT molecular complexity index is 768. The van der Waals surface area contributed by atoms with E-state index in [4.69, 9.17) is 9.47 Å². The maximum absolute atomic E-state index is 12.6. The van der Waals surface area contributed by atoms with Crippen molar-refractivity contribution in [3.05, 3.63) is 35.9 Å². The van der Waals surface area contributed by atoms with Crippen molar-refractivity contribution in [1.82, 2.24) is 15.1 Å². The van der Waals surface area contributed by atoms with Crippen LogP contribution in [0.3, 0.4) is 0 Å². The predicted octanol–water partition coefficient (Wildman–Crippen LogP) is 3.24. The number of hydrogen-bond donors (Lipinski definition) is 1. The highest BCUT2D eigenvalue weighted by Gasteiger charge is 2.54. The van der Waals surface area contributed by atoms with Crippen LogP contribution >= 0.6 is 0 Å². The normalized spacial score (nSPS) is 25.3. The Balaban J connectivity index is 1.31. The average Bonchev–Trinajstić information content (AvgIpc) is 3.28. The number of ether oxygens (including phenoxy) is 2. The van der Waals surface area contributed by atoms with Gasteiger partial charge in [-0.05, 0) is 45.1 Å². The maximum Gasteiger partial charge on any atom is 0.410 e. The van der Waals surface area contributed by atoms with Crippen molar-refractivity contribution in [3.8, 4) is 0 Å². The van der Waals surface area contributed by atoms with Gasteiger partial charge in [0.25, 0.3) is 0 Å². The highest BCUT2D eigenvalue weighted by atomic mass is 16.6. The maximum atomic E-state index is 12.6. The number of carbonyl (C=O) groups excluding carboxylic acids is 2. The van der Waals surface area contributed by atoms with Gasteiger partial charge in [0.15, 0.2) is 0 Å². The van der Waals surface area contributed by atoms with Gasteiger partial charge in [0.2, 0.25) is 0 Å². The Morgan fingerprint density at radius 3 is 2.43 bits per heavy atom. The number of nitrogens with one attached hydrogen (secondary N) is 1. The summed E-state index contributed by atoms with van der Waals surface area (Å²) in [5.74, 6) is 0.852. The molecule has 3 aliphatic heterocycles. The molecule has 2 amide bonds. The quantitative estimate of drug-likeness (QED) is 0.803. The Labute approximate surface area is 178 Å². The molecule has 7 heteroatoms. The zero-order valence-corrected chi connectivity index (χ0v) is 18.2. The van der Waals surface area contributed by atoms with Crippen molar-refractivity contribution in [3.63, 3.8) is 0 Å². The van der Waals surface area contributed by atoms with E-state index in [0.29, 0.717) is 31.5 Å². The lowest BCUT2D eigenvalue weighted by Crippen LogP contribution is -2.56. The molecule has 1 N–H and O–H groups in total. The number of amides is 2. The molecule has 4 rings (SSSR count). The fourth-order valence-corrected chi connectivity index (χ4v) is 5.09. The summed E-state index contributed by atoms with van der Waals surface area (Å²) in [6.07, 6.45) is 1.32. The zero-order valence-electron chi connectivity index (χ0n) is 18.2. The monoisotopic (exact) mass is 415 g/mol. The van der Waals surface area contributed by atoms with Crippen molar-refractivity contribution in [2.75, 3.05) is 32.7 Å². The van der Waals surface area contributed by atoms with Crippen LogP contribution in [0.1, 0.15) is 39.2 Å². The molecule has 0 aromatic heterocycles. The molecule has 1 spiro atoms. The van der Waals surface area contributed by atoms with E-state index in [9.17, 15) is 9.59 Å². The second-order valence-electron chi connectivity index (χ2n) is 9.82. The van der Waals surface area contributed by atoms with Gasteiger partial charge in [-0.3, -0.25) is 0 Å². The molecule has 3 heterocycles. The standard InChI is InChI=1S/C23H33N3O4/c1-22(2,3)30-21(28)25-11-9-23(10-12-25)19-15-26(14-18(19)13-24-23)20(27)29-16-17-7-5-4-6-8-17/h4-8,18-19,24H,9-16H2,1-3H3/t18-,19+/m0/s1. The summed E-state index contributed by atoms with van der Waals surface area (Å²) >= 11 is 0. The minimum atomic E-state index is -0.477. The van der Waals surface area contributed by atoms with Crippen LogP contribution in [0.5, 0.6) is 0 Å². The lowest BCUT2D eigenvalue weighted by atomic mass is 9.75. The second kappa shape index (κ2) is 8.10. The molecule has 3 saturated heterocycles. The summed E-state index contributed by atoms with van der Waals surface area (Å²) in [7, 11) is 0. The molecule has 1 aromatic rings. The lowest BCUT2D eigenvalue weighted by molar-refractivity contribution is 0.0125. The minimum absolute atomic E-state index is 0.00234. The third-order valence-electron chi connectivity index (χ3n) is 6.64. The fourth-order valence-electron chi connectivity index (χ4n) is 5.09. The van der Waals surface area contributed by atoms with Crippen molar-refractivity contribution >= 4 is 12.2 Å². The minimum Gasteiger partial charge on any atom is -0.445 e. The Hall–Kier alpha value is -2.28. The van der Waals surface area contributed by atoms with Crippen LogP contribution in [0.15, 0.2) is 30.3 Å². The summed E-state index contributed by atoms with van der Waals surface area (Å²) in [5, 5.41) is 3.74. The Morgan fingerprint density at radius 1 is 1.07 bits per heavy atom. The molecule has 0 unspecified atom stereocenters. The zero-order chi connectivity index (χ0) is 21.4. The number of hydrogen-bond acceptors (Lipinski definition) is 5. The van der Waals surface area contributed by atoms with E-state index in [0.717, 1.165) is 38.0 Å². The van der Waals surface area contributed by atoms with Gasteiger partial charge in [-0.25, -0.2) is 9.59 Å². The molecule has 7 nitrogen and oxygen atoms in total. The number of rotatable bonds is 2. The van der Waals surface area contributed by atoms with E-state index in [-0.39, 0.29) is 17.7 Å². The number of fused-ring (bicyclic) bond motifs is 2. The molecule has 0 aliphatic carbocycles. The summed E-state index contributed by atoms with van der Waals surface area (Å²) in [4.78, 5) is 28.7. The topological polar surface area (TPSA) is 71.1 Å². The van der Waals surface area contributed by atoms with Crippen LogP contribution in [-0.4, -0.2) is 65.9 Å². The van der Waals surface area contributed by atoms with E-state index in [1.807, 2.05) is 60.9 Å². The fraction of sp³-hybridized carbons (Fsp3) is 0.652. The van der Waals surface area contributed by atoms with Crippen LogP contribution in [0.4, 0.5) is 9.59 Å². The van der Waals surface area contributed by atoms with Gasteiger partial charge in [0.05, 0.1) is 0 Å². The molecule has 0 radical (unpaired) electrons. The molecule has 1 aromatic carbocycles. The molecule has 2 atom stereocenters. The van der Waals surface area contributed by atoms with Gasteiger partial charge >= 0.3 is 12.2 Å². The molecular formula is C23H33N3O4. The first-order valence-electron chi connectivity index (χ1n) is 10.9. The van der Waals surface area contributed by atoms with Gasteiger partial charge in [-0.2, -0.15) is 0 Å². The van der Waals surface area contributed by atoms with Gasteiger partial charge in [-0.15, -0.1) is 0 Å². The number of nitrogens with zero attached hydrogens (tertiary/aromatic N) is 2. The van der Waals surface area contributed by atoms with Gasteiger partial charge < -0.3 is 24.6 Å². The van der Waals surface area contributed by atoms with E-state index in [2.05, 4.69) is 5.32 Å². The average molecular weight is 416 g/mol. The largest absolute Gasteiger partial charge is 0.445 e. The smallest absolute Gasteiger partial charge is 0.410 e. The summed E-state index contributed by atoms with van der Waals surface area (Å²) in [6, 6.07) is 9.77. The van der Waals surface area contributed by atoms with Crippen molar-refractivity contribution in [2.45, 2.75) is 51.4 Å². The van der Waals surface area contributed by atoms with Crippen LogP contribution < -0.4 is 5.32 Å². The Morgan fingerprint density at radius 2 is 1.77 bits per heavy atom. The first-order valence-corrected chi connectivity index (χ1v) is 10.9. The number of carbonyl (C=O) groups is 2. The number of piperidine rings is 1. The molecule has 3 aliphatic rings. The highest BCUT2D eigenvalue weighted by molar-refractivity contribution is 5.69. The third kappa shape index (κ3) is 4.41. The molecule has 0 bridgehead atoms. The van der Waals surface area contributed by atoms with E-state index < -0.39 is 5.60 Å². The summed E-state index contributed by atoms with van der Waals surface area (Å²) in [5.41, 5.74) is 0.519. The van der Waals surface area contributed by atoms with E-state index in [1.165, 1.54) is 0 Å². The van der Waals surface area contributed by atoms with Crippen LogP contribution in [0.25, 0.3) is 0 Å². The first-order chi connectivity index (χ1) is 14.3. The predicted molar refractivity (Wildman–Crippen MR) is 113 cm³/mol. The Kier molecular flexibility index (Phi) is 5.66. The van der Waals surface area contributed by atoms with Crippen molar-refractivity contribution < 1.29 is 19.1 Å². The summed E-state index contributed by atoms with van der Waals surface area (Å²) < 4.78 is 11.1. The first kappa shape index (κ1) is 21.0. The van der Waals surface area contributed by atoms with Crippen molar-refractivity contribution in [2.24, 2.45) is 11.8 Å². The van der Waals surface area contributed by atoms with Gasteiger partial charge in [-0.1, -0.05) is 30.3 Å². The molecule has 3 fully saturated rings.